The Labute approximate surface area is 121 Å². The Morgan fingerprint density at radius 2 is 2.05 bits per heavy atom. The highest BCUT2D eigenvalue weighted by Crippen LogP contribution is 2.27. The number of nitrogens with two attached hydrogens (primary N) is 1. The molecule has 0 heterocycles. The summed E-state index contributed by atoms with van der Waals surface area (Å²) in [6.07, 6.45) is 1.05. The molecule has 4 nitrogen and oxygen atoms in total. The maximum atomic E-state index is 12.7. The maximum Gasteiger partial charge on any atom is 0.257 e. The zero-order valence-corrected chi connectivity index (χ0v) is 13.0. The highest BCUT2D eigenvalue weighted by molar-refractivity contribution is 5.98. The van der Waals surface area contributed by atoms with E-state index in [-0.39, 0.29) is 5.91 Å². The zero-order chi connectivity index (χ0) is 15.1. The molecule has 20 heavy (non-hydrogen) atoms. The van der Waals surface area contributed by atoms with Crippen LogP contribution in [0.3, 0.4) is 0 Å². The van der Waals surface area contributed by atoms with Crippen molar-refractivity contribution in [3.63, 3.8) is 0 Å². The molecule has 1 rings (SSSR count). The van der Waals surface area contributed by atoms with Gasteiger partial charge in [0.05, 0.1) is 17.9 Å². The van der Waals surface area contributed by atoms with Crippen molar-refractivity contribution in [2.75, 3.05) is 25.4 Å². The van der Waals surface area contributed by atoms with Gasteiger partial charge in [-0.05, 0) is 31.9 Å². The molecule has 0 spiro atoms. The molecule has 0 saturated carbocycles. The standard InChI is InChI=1S/C16H26N2O2/c1-5-12(4)11-18(6-2)16(19)13-9-8-10-14(17)15(13)20-7-3/h8-10,12H,5-7,11,17H2,1-4H3. The van der Waals surface area contributed by atoms with E-state index in [4.69, 9.17) is 10.5 Å². The van der Waals surface area contributed by atoms with Crippen LogP contribution in [0.25, 0.3) is 0 Å². The number of hydrogen-bond donors (Lipinski definition) is 1. The molecule has 0 fully saturated rings. The summed E-state index contributed by atoms with van der Waals surface area (Å²) in [7, 11) is 0. The fourth-order valence-electron chi connectivity index (χ4n) is 2.06. The number of rotatable bonds is 7. The van der Waals surface area contributed by atoms with E-state index in [2.05, 4.69) is 13.8 Å². The molecule has 1 amide bonds. The van der Waals surface area contributed by atoms with Crippen molar-refractivity contribution >= 4 is 11.6 Å². The molecule has 1 atom stereocenters. The molecule has 2 N–H and O–H groups in total. The Morgan fingerprint density at radius 1 is 1.35 bits per heavy atom. The van der Waals surface area contributed by atoms with Crippen molar-refractivity contribution in [1.29, 1.82) is 0 Å². The molecule has 0 aliphatic carbocycles. The van der Waals surface area contributed by atoms with Crippen molar-refractivity contribution in [1.82, 2.24) is 4.90 Å². The van der Waals surface area contributed by atoms with E-state index in [0.717, 1.165) is 13.0 Å². The summed E-state index contributed by atoms with van der Waals surface area (Å²) in [6, 6.07) is 5.33. The van der Waals surface area contributed by atoms with Gasteiger partial charge in [-0.2, -0.15) is 0 Å². The lowest BCUT2D eigenvalue weighted by Crippen LogP contribution is -2.34. The van der Waals surface area contributed by atoms with Crippen LogP contribution in [0, 0.1) is 5.92 Å². The summed E-state index contributed by atoms with van der Waals surface area (Å²) in [5, 5.41) is 0. The minimum atomic E-state index is -0.0106. The third-order valence-corrected chi connectivity index (χ3v) is 3.46. The quantitative estimate of drug-likeness (QED) is 0.779. The van der Waals surface area contributed by atoms with E-state index in [1.165, 1.54) is 0 Å². The lowest BCUT2D eigenvalue weighted by Gasteiger charge is -2.25. The summed E-state index contributed by atoms with van der Waals surface area (Å²) in [4.78, 5) is 14.5. The van der Waals surface area contributed by atoms with Gasteiger partial charge in [0.15, 0.2) is 5.75 Å². The van der Waals surface area contributed by atoms with Gasteiger partial charge in [0.25, 0.3) is 5.91 Å². The smallest absolute Gasteiger partial charge is 0.257 e. The average molecular weight is 278 g/mol. The number of hydrogen-bond acceptors (Lipinski definition) is 3. The van der Waals surface area contributed by atoms with Crippen LogP contribution in [0.2, 0.25) is 0 Å². The number of ether oxygens (including phenoxy) is 1. The van der Waals surface area contributed by atoms with Gasteiger partial charge in [-0.3, -0.25) is 4.79 Å². The molecular weight excluding hydrogens is 252 g/mol. The number of carbonyl (C=O) groups excluding carboxylic acids is 1. The topological polar surface area (TPSA) is 55.6 Å². The first kappa shape index (κ1) is 16.3. The van der Waals surface area contributed by atoms with Crippen LogP contribution in [0.4, 0.5) is 5.69 Å². The Kier molecular flexibility index (Phi) is 6.36. The molecule has 1 aromatic rings. The predicted molar refractivity (Wildman–Crippen MR) is 83.1 cm³/mol. The second-order valence-electron chi connectivity index (χ2n) is 5.01. The lowest BCUT2D eigenvalue weighted by atomic mass is 10.1. The van der Waals surface area contributed by atoms with Crippen LogP contribution in [-0.2, 0) is 0 Å². The van der Waals surface area contributed by atoms with Crippen LogP contribution in [0.15, 0.2) is 18.2 Å². The molecule has 0 radical (unpaired) electrons. The monoisotopic (exact) mass is 278 g/mol. The molecule has 0 aliphatic rings. The third kappa shape index (κ3) is 3.89. The molecule has 4 heteroatoms. The van der Waals surface area contributed by atoms with E-state index in [0.29, 0.717) is 36.1 Å². The summed E-state index contributed by atoms with van der Waals surface area (Å²) >= 11 is 0. The Balaban J connectivity index is 3.03. The Bertz CT molecular complexity index is 446. The van der Waals surface area contributed by atoms with E-state index < -0.39 is 0 Å². The van der Waals surface area contributed by atoms with E-state index in [1.54, 1.807) is 18.2 Å². The number of carbonyl (C=O) groups is 1. The van der Waals surface area contributed by atoms with Crippen LogP contribution >= 0.6 is 0 Å². The van der Waals surface area contributed by atoms with Crippen LogP contribution in [-0.4, -0.2) is 30.5 Å². The first-order valence-corrected chi connectivity index (χ1v) is 7.35. The minimum Gasteiger partial charge on any atom is -0.491 e. The van der Waals surface area contributed by atoms with Gasteiger partial charge in [0.2, 0.25) is 0 Å². The number of para-hydroxylation sites is 1. The highest BCUT2D eigenvalue weighted by atomic mass is 16.5. The van der Waals surface area contributed by atoms with Gasteiger partial charge < -0.3 is 15.4 Å². The molecule has 0 saturated heterocycles. The summed E-state index contributed by atoms with van der Waals surface area (Å²) < 4.78 is 5.54. The second-order valence-corrected chi connectivity index (χ2v) is 5.01. The van der Waals surface area contributed by atoms with Gasteiger partial charge in [-0.15, -0.1) is 0 Å². The molecule has 0 aromatic heterocycles. The lowest BCUT2D eigenvalue weighted by molar-refractivity contribution is 0.0737. The summed E-state index contributed by atoms with van der Waals surface area (Å²) in [6.45, 7) is 10.1. The highest BCUT2D eigenvalue weighted by Gasteiger charge is 2.21. The van der Waals surface area contributed by atoms with Crippen LogP contribution in [0.5, 0.6) is 5.75 Å². The van der Waals surface area contributed by atoms with Crippen molar-refractivity contribution < 1.29 is 9.53 Å². The Morgan fingerprint density at radius 3 is 2.60 bits per heavy atom. The predicted octanol–water partition coefficient (Wildman–Crippen LogP) is 3.18. The zero-order valence-electron chi connectivity index (χ0n) is 13.0. The van der Waals surface area contributed by atoms with Gasteiger partial charge in [-0.25, -0.2) is 0 Å². The van der Waals surface area contributed by atoms with Gasteiger partial charge in [0.1, 0.15) is 0 Å². The Hall–Kier alpha value is -1.71. The first-order valence-electron chi connectivity index (χ1n) is 7.35. The third-order valence-electron chi connectivity index (χ3n) is 3.46. The number of amides is 1. The van der Waals surface area contributed by atoms with Crippen LogP contribution < -0.4 is 10.5 Å². The van der Waals surface area contributed by atoms with E-state index in [9.17, 15) is 4.79 Å². The fourth-order valence-corrected chi connectivity index (χ4v) is 2.06. The second kappa shape index (κ2) is 7.78. The normalized spacial score (nSPS) is 12.0. The molecule has 0 bridgehead atoms. The molecule has 1 unspecified atom stereocenters. The molecule has 112 valence electrons. The van der Waals surface area contributed by atoms with Gasteiger partial charge >= 0.3 is 0 Å². The first-order chi connectivity index (χ1) is 9.54. The van der Waals surface area contributed by atoms with Crippen molar-refractivity contribution in [3.8, 4) is 5.75 Å². The number of anilines is 1. The largest absolute Gasteiger partial charge is 0.491 e. The van der Waals surface area contributed by atoms with Crippen molar-refractivity contribution in [3.05, 3.63) is 23.8 Å². The van der Waals surface area contributed by atoms with Crippen molar-refractivity contribution in [2.45, 2.75) is 34.1 Å². The maximum absolute atomic E-state index is 12.7. The number of nitrogens with zero attached hydrogens (tertiary/aromatic N) is 1. The molecular formula is C16H26N2O2. The van der Waals surface area contributed by atoms with Crippen molar-refractivity contribution in [2.24, 2.45) is 5.92 Å². The van der Waals surface area contributed by atoms with Gasteiger partial charge in [0, 0.05) is 13.1 Å². The van der Waals surface area contributed by atoms with Crippen LogP contribution in [0.1, 0.15) is 44.5 Å². The average Bonchev–Trinajstić information content (AvgIpc) is 2.46. The van der Waals surface area contributed by atoms with E-state index >= 15 is 0 Å². The SMILES string of the molecule is CCOc1c(N)cccc1C(=O)N(CC)CC(C)CC. The molecule has 0 aliphatic heterocycles. The van der Waals surface area contributed by atoms with E-state index in [1.807, 2.05) is 18.7 Å². The molecule has 1 aromatic carbocycles. The summed E-state index contributed by atoms with van der Waals surface area (Å²) in [5.74, 6) is 0.974. The van der Waals surface area contributed by atoms with Gasteiger partial charge in [-0.1, -0.05) is 26.3 Å². The number of benzene rings is 1. The summed E-state index contributed by atoms with van der Waals surface area (Å²) in [5.41, 5.74) is 6.98. The minimum absolute atomic E-state index is 0.0106. The number of nitrogen functional groups attached to an aromatic ring is 1. The fraction of sp³-hybridized carbons (Fsp3) is 0.562.